The highest BCUT2D eigenvalue weighted by Crippen LogP contribution is 2.32. The highest BCUT2D eigenvalue weighted by Gasteiger charge is 2.26. The van der Waals surface area contributed by atoms with Crippen LogP contribution in [0.3, 0.4) is 0 Å². The molecular weight excluding hydrogens is 376 g/mol. The monoisotopic (exact) mass is 408 g/mol. The van der Waals surface area contributed by atoms with Crippen molar-refractivity contribution in [3.05, 3.63) is 47.2 Å². The Labute approximate surface area is 179 Å². The van der Waals surface area contributed by atoms with Crippen LogP contribution in [0.4, 0.5) is 11.5 Å². The van der Waals surface area contributed by atoms with E-state index in [1.807, 2.05) is 44.3 Å². The first-order valence-corrected chi connectivity index (χ1v) is 10.5. The number of carbonyl (C=O) groups excluding carboxylic acids is 1. The summed E-state index contributed by atoms with van der Waals surface area (Å²) in [5.41, 5.74) is 4.06. The number of methoxy groups -OCH3 is 1. The van der Waals surface area contributed by atoms with Gasteiger partial charge in [0.25, 0.3) is 0 Å². The second-order valence-corrected chi connectivity index (χ2v) is 7.98. The normalized spacial score (nSPS) is 17.3. The first-order valence-electron chi connectivity index (χ1n) is 10.5. The van der Waals surface area contributed by atoms with Gasteiger partial charge in [-0.15, -0.1) is 0 Å². The van der Waals surface area contributed by atoms with Gasteiger partial charge in [0, 0.05) is 48.7 Å². The van der Waals surface area contributed by atoms with E-state index in [9.17, 15) is 4.79 Å². The summed E-state index contributed by atoms with van der Waals surface area (Å²) in [5, 5.41) is 0. The summed E-state index contributed by atoms with van der Waals surface area (Å²) >= 11 is 0. The largest absolute Gasteiger partial charge is 0.497 e. The molecule has 1 atom stereocenters. The molecule has 0 saturated carbocycles. The van der Waals surface area contributed by atoms with Crippen molar-refractivity contribution in [2.75, 3.05) is 39.2 Å². The summed E-state index contributed by atoms with van der Waals surface area (Å²) in [6.07, 6.45) is 3.68. The van der Waals surface area contributed by atoms with Crippen LogP contribution in [0.25, 0.3) is 0 Å². The number of aryl methyl sites for hydroxylation is 1. The lowest BCUT2D eigenvalue weighted by atomic mass is 9.99. The molecule has 3 rings (SSSR count). The van der Waals surface area contributed by atoms with Crippen LogP contribution in [0, 0.1) is 0 Å². The van der Waals surface area contributed by atoms with Gasteiger partial charge in [0.1, 0.15) is 11.6 Å². The zero-order valence-electron chi connectivity index (χ0n) is 18.9. The maximum Gasteiger partial charge on any atom is 0.162 e. The minimum atomic E-state index is 0.0126. The summed E-state index contributed by atoms with van der Waals surface area (Å²) < 4.78 is 5.45. The van der Waals surface area contributed by atoms with Gasteiger partial charge in [-0.05, 0) is 64.0 Å². The molecule has 1 fully saturated rings. The van der Waals surface area contributed by atoms with Crippen molar-refractivity contribution in [3.63, 3.8) is 0 Å². The fourth-order valence-corrected chi connectivity index (χ4v) is 4.15. The summed E-state index contributed by atoms with van der Waals surface area (Å²) in [4.78, 5) is 26.6. The smallest absolute Gasteiger partial charge is 0.162 e. The molecule has 1 aliphatic rings. The summed E-state index contributed by atoms with van der Waals surface area (Å²) in [7, 11) is 5.89. The van der Waals surface area contributed by atoms with Crippen LogP contribution in [0.5, 0.6) is 5.75 Å². The van der Waals surface area contributed by atoms with Crippen LogP contribution in [0.2, 0.25) is 0 Å². The average Bonchev–Trinajstić information content (AvgIpc) is 3.18. The van der Waals surface area contributed by atoms with Crippen LogP contribution < -0.4 is 9.64 Å². The number of carbonyl (C=O) groups is 1. The number of rotatable bonds is 7. The number of ether oxygens (including phenoxy) is 1. The molecule has 0 N–H and O–H groups in total. The van der Waals surface area contributed by atoms with Gasteiger partial charge in [0.15, 0.2) is 5.78 Å². The van der Waals surface area contributed by atoms with Crippen molar-refractivity contribution in [2.45, 2.75) is 39.7 Å². The van der Waals surface area contributed by atoms with Crippen molar-refractivity contribution < 1.29 is 9.53 Å². The Bertz CT molecular complexity index is 954. The van der Waals surface area contributed by atoms with E-state index in [-0.39, 0.29) is 5.78 Å². The van der Waals surface area contributed by atoms with Gasteiger partial charge in [-0.25, -0.2) is 4.98 Å². The number of anilines is 1. The molecule has 1 unspecified atom stereocenters. The first kappa shape index (κ1) is 22.0. The third kappa shape index (κ3) is 4.54. The van der Waals surface area contributed by atoms with Crippen molar-refractivity contribution in [3.8, 4) is 5.75 Å². The van der Waals surface area contributed by atoms with Gasteiger partial charge in [-0.3, -0.25) is 9.79 Å². The number of aromatic nitrogens is 1. The van der Waals surface area contributed by atoms with E-state index in [0.717, 1.165) is 48.6 Å². The van der Waals surface area contributed by atoms with Gasteiger partial charge in [0.2, 0.25) is 0 Å². The molecule has 2 heterocycles. The SMILES string of the molecule is CCc1cc(OC)cc(/N=C(\C)c2cccnc2N(C)C2CCN(C)C2)c1C(C)=O. The molecule has 0 aliphatic carbocycles. The highest BCUT2D eigenvalue weighted by atomic mass is 16.5. The van der Waals surface area contributed by atoms with Gasteiger partial charge in [-0.2, -0.15) is 0 Å². The molecule has 30 heavy (non-hydrogen) atoms. The lowest BCUT2D eigenvalue weighted by Gasteiger charge is -2.27. The molecule has 6 nitrogen and oxygen atoms in total. The predicted octanol–water partition coefficient (Wildman–Crippen LogP) is 4.14. The minimum Gasteiger partial charge on any atom is -0.497 e. The van der Waals surface area contributed by atoms with Crippen LogP contribution in [0.15, 0.2) is 35.5 Å². The van der Waals surface area contributed by atoms with Crippen LogP contribution in [0.1, 0.15) is 48.7 Å². The molecule has 0 spiro atoms. The van der Waals surface area contributed by atoms with E-state index in [0.29, 0.717) is 23.0 Å². The van der Waals surface area contributed by atoms with E-state index in [2.05, 4.69) is 28.9 Å². The fraction of sp³-hybridized carbons (Fsp3) is 0.458. The number of hydrogen-bond acceptors (Lipinski definition) is 6. The number of likely N-dealkylation sites (N-methyl/N-ethyl adjacent to an activating group) is 2. The van der Waals surface area contributed by atoms with Gasteiger partial charge >= 0.3 is 0 Å². The zero-order valence-corrected chi connectivity index (χ0v) is 18.9. The van der Waals surface area contributed by atoms with Crippen LogP contribution in [-0.4, -0.2) is 61.7 Å². The molecule has 160 valence electrons. The number of ketones is 1. The first-order chi connectivity index (χ1) is 14.3. The lowest BCUT2D eigenvalue weighted by molar-refractivity contribution is 0.101. The molecule has 2 aromatic rings. The topological polar surface area (TPSA) is 58.0 Å². The lowest BCUT2D eigenvalue weighted by Crippen LogP contribution is -2.35. The van der Waals surface area contributed by atoms with E-state index in [1.165, 1.54) is 0 Å². The Hall–Kier alpha value is -2.73. The maximum absolute atomic E-state index is 12.4. The summed E-state index contributed by atoms with van der Waals surface area (Å²) in [5.74, 6) is 1.64. The van der Waals surface area contributed by atoms with Crippen LogP contribution in [-0.2, 0) is 6.42 Å². The average molecular weight is 409 g/mol. The van der Waals surface area contributed by atoms with E-state index >= 15 is 0 Å². The second-order valence-electron chi connectivity index (χ2n) is 7.98. The minimum absolute atomic E-state index is 0.0126. The Balaban J connectivity index is 2.06. The number of benzene rings is 1. The summed E-state index contributed by atoms with van der Waals surface area (Å²) in [6.45, 7) is 7.72. The predicted molar refractivity (Wildman–Crippen MR) is 123 cm³/mol. The number of Topliss-reactive ketones (excluding diaryl/α,β-unsaturated/α-hetero) is 1. The highest BCUT2D eigenvalue weighted by molar-refractivity contribution is 6.07. The second kappa shape index (κ2) is 9.39. The van der Waals surface area contributed by atoms with E-state index < -0.39 is 0 Å². The molecule has 0 radical (unpaired) electrons. The third-order valence-electron chi connectivity index (χ3n) is 5.85. The van der Waals surface area contributed by atoms with Crippen LogP contribution >= 0.6 is 0 Å². The quantitative estimate of drug-likeness (QED) is 0.509. The number of likely N-dealkylation sites (tertiary alicyclic amines) is 1. The summed E-state index contributed by atoms with van der Waals surface area (Å²) in [6, 6.07) is 8.16. The third-order valence-corrected chi connectivity index (χ3v) is 5.85. The maximum atomic E-state index is 12.4. The van der Waals surface area contributed by atoms with Crippen molar-refractivity contribution in [1.29, 1.82) is 0 Å². The Kier molecular flexibility index (Phi) is 6.87. The standard InChI is InChI=1S/C24H32N4O2/c1-7-18-13-20(30-6)14-22(23(18)17(3)29)26-16(2)21-9-8-11-25-24(21)28(5)19-10-12-27(4)15-19/h8-9,11,13-14,19H,7,10,12,15H2,1-6H3/b26-16+. The molecule has 1 saturated heterocycles. The number of pyridine rings is 1. The molecule has 0 amide bonds. The molecule has 1 aromatic carbocycles. The van der Waals surface area contributed by atoms with Gasteiger partial charge in [0.05, 0.1) is 12.8 Å². The molecule has 1 aromatic heterocycles. The fourth-order valence-electron chi connectivity index (χ4n) is 4.15. The molecular formula is C24H32N4O2. The van der Waals surface area contributed by atoms with E-state index in [4.69, 9.17) is 9.73 Å². The van der Waals surface area contributed by atoms with Crippen molar-refractivity contribution >= 4 is 23.0 Å². The van der Waals surface area contributed by atoms with Crippen molar-refractivity contribution in [2.24, 2.45) is 4.99 Å². The van der Waals surface area contributed by atoms with Gasteiger partial charge in [-0.1, -0.05) is 6.92 Å². The molecule has 1 aliphatic heterocycles. The molecule has 0 bridgehead atoms. The Morgan fingerprint density at radius 2 is 2.13 bits per heavy atom. The molecule has 6 heteroatoms. The number of nitrogens with zero attached hydrogens (tertiary/aromatic N) is 4. The van der Waals surface area contributed by atoms with Gasteiger partial charge < -0.3 is 14.5 Å². The zero-order chi connectivity index (χ0) is 21.8. The van der Waals surface area contributed by atoms with E-state index in [1.54, 1.807) is 14.0 Å². The Morgan fingerprint density at radius 3 is 2.73 bits per heavy atom. The number of aliphatic imine (C=N–C) groups is 1. The van der Waals surface area contributed by atoms with Crippen molar-refractivity contribution in [1.82, 2.24) is 9.88 Å². The number of hydrogen-bond donors (Lipinski definition) is 0. The Morgan fingerprint density at radius 1 is 1.37 bits per heavy atom.